The first-order valence-electron chi connectivity index (χ1n) is 6.13. The molecule has 3 N–H and O–H groups in total. The number of alkyl carbamates (subject to hydrolysis) is 1. The van der Waals surface area contributed by atoms with Crippen LogP contribution in [0.3, 0.4) is 0 Å². The molecule has 0 aliphatic rings. The van der Waals surface area contributed by atoms with Crippen LogP contribution in [0.4, 0.5) is 4.79 Å². The van der Waals surface area contributed by atoms with E-state index in [1.165, 1.54) is 0 Å². The fourth-order valence-electron chi connectivity index (χ4n) is 1.60. The molecule has 19 heavy (non-hydrogen) atoms. The highest BCUT2D eigenvalue weighted by Gasteiger charge is 2.29. The van der Waals surface area contributed by atoms with Crippen LogP contribution in [0, 0.1) is 0 Å². The Morgan fingerprint density at radius 2 is 2.00 bits per heavy atom. The van der Waals surface area contributed by atoms with Gasteiger partial charge < -0.3 is 15.8 Å². The van der Waals surface area contributed by atoms with E-state index in [1.54, 1.807) is 12.1 Å². The molecule has 1 aromatic carbocycles. The lowest BCUT2D eigenvalue weighted by molar-refractivity contribution is 0.0465. The fourth-order valence-corrected chi connectivity index (χ4v) is 1.79. The predicted molar refractivity (Wildman–Crippen MR) is 77.2 cm³/mol. The molecule has 0 aromatic heterocycles. The summed E-state index contributed by atoms with van der Waals surface area (Å²) in [6.45, 7) is 7.51. The molecule has 0 saturated carbocycles. The van der Waals surface area contributed by atoms with E-state index in [9.17, 15) is 4.79 Å². The molecule has 1 aromatic rings. The van der Waals surface area contributed by atoms with Gasteiger partial charge in [-0.1, -0.05) is 23.7 Å². The van der Waals surface area contributed by atoms with Crippen molar-refractivity contribution >= 4 is 17.7 Å². The minimum atomic E-state index is -0.715. The van der Waals surface area contributed by atoms with Crippen LogP contribution >= 0.6 is 11.6 Å². The van der Waals surface area contributed by atoms with Crippen LogP contribution in [0.5, 0.6) is 0 Å². The Morgan fingerprint density at radius 1 is 1.37 bits per heavy atom. The van der Waals surface area contributed by atoms with Crippen LogP contribution < -0.4 is 11.1 Å². The van der Waals surface area contributed by atoms with Crippen molar-refractivity contribution < 1.29 is 9.53 Å². The molecule has 106 valence electrons. The van der Waals surface area contributed by atoms with Gasteiger partial charge in [0, 0.05) is 11.6 Å². The number of carbonyl (C=O) groups is 1. The van der Waals surface area contributed by atoms with Crippen LogP contribution in [0.15, 0.2) is 24.3 Å². The molecular weight excluding hydrogens is 264 g/mol. The lowest BCUT2D eigenvalue weighted by Gasteiger charge is -2.31. The van der Waals surface area contributed by atoms with Crippen molar-refractivity contribution in [1.29, 1.82) is 0 Å². The number of rotatable bonds is 3. The van der Waals surface area contributed by atoms with Gasteiger partial charge in [0.05, 0.1) is 5.54 Å². The van der Waals surface area contributed by atoms with E-state index >= 15 is 0 Å². The molecule has 0 radical (unpaired) electrons. The zero-order valence-electron chi connectivity index (χ0n) is 11.8. The quantitative estimate of drug-likeness (QED) is 0.897. The van der Waals surface area contributed by atoms with Crippen molar-refractivity contribution in [1.82, 2.24) is 5.32 Å². The SMILES string of the molecule is CC(C)(C)OC(=O)NC(C)(CN)c1cccc(Cl)c1. The van der Waals surface area contributed by atoms with Crippen molar-refractivity contribution in [2.75, 3.05) is 6.54 Å². The highest BCUT2D eigenvalue weighted by Crippen LogP contribution is 2.23. The second-order valence-electron chi connectivity index (χ2n) is 5.67. The van der Waals surface area contributed by atoms with Crippen LogP contribution in [-0.2, 0) is 10.3 Å². The van der Waals surface area contributed by atoms with Gasteiger partial charge >= 0.3 is 6.09 Å². The van der Waals surface area contributed by atoms with Crippen molar-refractivity contribution in [2.24, 2.45) is 5.73 Å². The van der Waals surface area contributed by atoms with Gasteiger partial charge in [-0.2, -0.15) is 0 Å². The molecule has 1 atom stereocenters. The van der Waals surface area contributed by atoms with Gasteiger partial charge in [-0.15, -0.1) is 0 Å². The molecule has 0 fully saturated rings. The van der Waals surface area contributed by atoms with E-state index in [2.05, 4.69) is 5.32 Å². The summed E-state index contributed by atoms with van der Waals surface area (Å²) in [5, 5.41) is 3.40. The molecule has 1 unspecified atom stereocenters. The molecule has 0 bridgehead atoms. The predicted octanol–water partition coefficient (Wildman–Crippen LogP) is 3.04. The maximum Gasteiger partial charge on any atom is 0.408 e. The van der Waals surface area contributed by atoms with Gasteiger partial charge in [0.25, 0.3) is 0 Å². The molecule has 5 heteroatoms. The van der Waals surface area contributed by atoms with Gasteiger partial charge in [-0.3, -0.25) is 0 Å². The fraction of sp³-hybridized carbons (Fsp3) is 0.500. The first kappa shape index (κ1) is 15.8. The summed E-state index contributed by atoms with van der Waals surface area (Å²) in [7, 11) is 0. The normalized spacial score (nSPS) is 14.6. The van der Waals surface area contributed by atoms with E-state index in [0.717, 1.165) is 5.56 Å². The van der Waals surface area contributed by atoms with Crippen molar-refractivity contribution in [2.45, 2.75) is 38.8 Å². The first-order chi connectivity index (χ1) is 8.66. The number of nitrogens with two attached hydrogens (primary N) is 1. The van der Waals surface area contributed by atoms with Crippen molar-refractivity contribution in [3.63, 3.8) is 0 Å². The molecule has 4 nitrogen and oxygen atoms in total. The number of hydrogen-bond donors (Lipinski definition) is 2. The monoisotopic (exact) mass is 284 g/mol. The van der Waals surface area contributed by atoms with Crippen LogP contribution in [0.2, 0.25) is 5.02 Å². The number of carbonyl (C=O) groups excluding carboxylic acids is 1. The zero-order valence-corrected chi connectivity index (χ0v) is 12.5. The first-order valence-corrected chi connectivity index (χ1v) is 6.51. The maximum atomic E-state index is 11.9. The molecule has 0 saturated heterocycles. The molecule has 1 amide bonds. The number of amides is 1. The topological polar surface area (TPSA) is 64.3 Å². The maximum absolute atomic E-state index is 11.9. The third-order valence-corrected chi connectivity index (χ3v) is 2.88. The minimum Gasteiger partial charge on any atom is -0.444 e. The molecular formula is C14H21ClN2O2. The van der Waals surface area contributed by atoms with Gasteiger partial charge in [0.15, 0.2) is 0 Å². The average Bonchev–Trinajstić information content (AvgIpc) is 2.26. The van der Waals surface area contributed by atoms with E-state index in [-0.39, 0.29) is 6.54 Å². The number of ether oxygens (including phenoxy) is 1. The van der Waals surface area contributed by atoms with Gasteiger partial charge in [0.1, 0.15) is 5.60 Å². The Labute approximate surface area is 119 Å². The summed E-state index contributed by atoms with van der Waals surface area (Å²) < 4.78 is 5.25. The van der Waals surface area contributed by atoms with Gasteiger partial charge in [0.2, 0.25) is 0 Å². The number of halogens is 1. The lowest BCUT2D eigenvalue weighted by Crippen LogP contribution is -2.50. The Bertz CT molecular complexity index is 457. The third kappa shape index (κ3) is 4.73. The van der Waals surface area contributed by atoms with Crippen LogP contribution in [0.1, 0.15) is 33.3 Å². The summed E-state index contributed by atoms with van der Waals surface area (Å²) in [4.78, 5) is 11.9. The van der Waals surface area contributed by atoms with Crippen LogP contribution in [0.25, 0.3) is 0 Å². The standard InChI is InChI=1S/C14H21ClN2O2/c1-13(2,3)19-12(18)17-14(4,9-16)10-6-5-7-11(15)8-10/h5-8H,9,16H2,1-4H3,(H,17,18). The second kappa shape index (κ2) is 5.80. The zero-order chi connectivity index (χ0) is 14.7. The van der Waals surface area contributed by atoms with Gasteiger partial charge in [-0.05, 0) is 45.4 Å². The molecule has 0 aliphatic heterocycles. The number of hydrogen-bond acceptors (Lipinski definition) is 3. The molecule has 0 heterocycles. The summed E-state index contributed by atoms with van der Waals surface area (Å²) in [6, 6.07) is 7.25. The summed E-state index contributed by atoms with van der Waals surface area (Å²) in [6.07, 6.45) is -0.500. The van der Waals surface area contributed by atoms with E-state index in [0.29, 0.717) is 5.02 Å². The Hall–Kier alpha value is -1.26. The smallest absolute Gasteiger partial charge is 0.408 e. The molecule has 1 rings (SSSR count). The largest absolute Gasteiger partial charge is 0.444 e. The summed E-state index contributed by atoms with van der Waals surface area (Å²) >= 11 is 5.97. The lowest BCUT2D eigenvalue weighted by atomic mass is 9.92. The highest BCUT2D eigenvalue weighted by molar-refractivity contribution is 6.30. The van der Waals surface area contributed by atoms with E-state index in [1.807, 2.05) is 39.8 Å². The molecule has 0 spiro atoms. The summed E-state index contributed by atoms with van der Waals surface area (Å²) in [5.74, 6) is 0. The average molecular weight is 285 g/mol. The highest BCUT2D eigenvalue weighted by atomic mass is 35.5. The van der Waals surface area contributed by atoms with Crippen molar-refractivity contribution in [3.05, 3.63) is 34.9 Å². The Morgan fingerprint density at radius 3 is 2.47 bits per heavy atom. The number of nitrogens with one attached hydrogen (secondary N) is 1. The third-order valence-electron chi connectivity index (χ3n) is 2.65. The summed E-state index contributed by atoms with van der Waals surface area (Å²) in [5.41, 5.74) is 5.37. The van der Waals surface area contributed by atoms with Crippen molar-refractivity contribution in [3.8, 4) is 0 Å². The Kier molecular flexibility index (Phi) is 4.82. The molecule has 0 aliphatic carbocycles. The van der Waals surface area contributed by atoms with Gasteiger partial charge in [-0.25, -0.2) is 4.79 Å². The second-order valence-corrected chi connectivity index (χ2v) is 6.11. The van der Waals surface area contributed by atoms with E-state index < -0.39 is 17.2 Å². The number of benzene rings is 1. The van der Waals surface area contributed by atoms with Crippen LogP contribution in [-0.4, -0.2) is 18.2 Å². The Balaban J connectivity index is 2.90. The van der Waals surface area contributed by atoms with E-state index in [4.69, 9.17) is 22.1 Å². The minimum absolute atomic E-state index is 0.243.